The molecule has 5 heteroatoms. The molecule has 0 aromatic carbocycles. The van der Waals surface area contributed by atoms with Crippen LogP contribution in [0, 0.1) is 0 Å². The molecule has 4 nitrogen and oxygen atoms in total. The number of aromatic nitrogens is 2. The first-order valence-corrected chi connectivity index (χ1v) is 6.52. The van der Waals surface area contributed by atoms with Gasteiger partial charge in [-0.2, -0.15) is 0 Å². The second-order valence-corrected chi connectivity index (χ2v) is 4.32. The van der Waals surface area contributed by atoms with Gasteiger partial charge in [0.05, 0.1) is 18.2 Å². The molecule has 0 bridgehead atoms. The molecule has 1 heterocycles. The summed E-state index contributed by atoms with van der Waals surface area (Å²) in [7, 11) is 0. The van der Waals surface area contributed by atoms with Gasteiger partial charge in [-0.1, -0.05) is 6.92 Å². The third kappa shape index (κ3) is 3.22. The van der Waals surface area contributed by atoms with Crippen molar-refractivity contribution in [2.45, 2.75) is 39.1 Å². The maximum absolute atomic E-state index is 12.1. The number of hydrogen-bond acceptors (Lipinski definition) is 2. The molecule has 0 radical (unpaired) electrons. The number of amides is 1. The van der Waals surface area contributed by atoms with Crippen molar-refractivity contribution in [3.8, 4) is 0 Å². The zero-order chi connectivity index (χ0) is 12.8. The highest BCUT2D eigenvalue weighted by Crippen LogP contribution is 2.23. The summed E-state index contributed by atoms with van der Waals surface area (Å²) in [4.78, 5) is 17.9. The summed E-state index contributed by atoms with van der Waals surface area (Å²) >= 11 is 6.24. The lowest BCUT2D eigenvalue weighted by molar-refractivity contribution is -0.130. The van der Waals surface area contributed by atoms with E-state index in [4.69, 9.17) is 11.6 Å². The number of rotatable bonds is 6. The van der Waals surface area contributed by atoms with Gasteiger partial charge in [-0.05, 0) is 20.3 Å². The van der Waals surface area contributed by atoms with E-state index in [1.54, 1.807) is 17.4 Å². The molecule has 17 heavy (non-hydrogen) atoms. The van der Waals surface area contributed by atoms with E-state index in [2.05, 4.69) is 11.9 Å². The van der Waals surface area contributed by atoms with Gasteiger partial charge in [0.2, 0.25) is 5.91 Å². The zero-order valence-corrected chi connectivity index (χ0v) is 11.4. The van der Waals surface area contributed by atoms with E-state index < -0.39 is 5.38 Å². The van der Waals surface area contributed by atoms with Crippen LogP contribution in [0.5, 0.6) is 0 Å². The van der Waals surface area contributed by atoms with Crippen LogP contribution in [0.2, 0.25) is 0 Å². The van der Waals surface area contributed by atoms with Crippen LogP contribution >= 0.6 is 11.6 Å². The number of likely N-dealkylation sites (N-methyl/N-ethyl adjacent to an activating group) is 1. The molecule has 0 N–H and O–H groups in total. The van der Waals surface area contributed by atoms with Gasteiger partial charge in [-0.25, -0.2) is 4.98 Å². The van der Waals surface area contributed by atoms with E-state index in [-0.39, 0.29) is 5.91 Å². The van der Waals surface area contributed by atoms with Crippen LogP contribution in [-0.2, 0) is 11.3 Å². The summed E-state index contributed by atoms with van der Waals surface area (Å²) in [5, 5.41) is -0.635. The molecule has 0 spiro atoms. The summed E-state index contributed by atoms with van der Waals surface area (Å²) in [6, 6.07) is 0. The smallest absolute Gasteiger partial charge is 0.246 e. The van der Waals surface area contributed by atoms with Crippen LogP contribution in [-0.4, -0.2) is 33.4 Å². The number of alkyl halides is 1. The topological polar surface area (TPSA) is 38.1 Å². The first kappa shape index (κ1) is 14.0. The number of aryl methyl sites for hydroxylation is 1. The molecule has 1 unspecified atom stereocenters. The first-order chi connectivity index (χ1) is 8.15. The molecule has 96 valence electrons. The van der Waals surface area contributed by atoms with E-state index in [0.717, 1.165) is 18.7 Å². The monoisotopic (exact) mass is 257 g/mol. The fraction of sp³-hybridized carbons (Fsp3) is 0.667. The molecule has 1 aromatic heterocycles. The highest BCUT2D eigenvalue weighted by molar-refractivity contribution is 6.30. The Bertz CT molecular complexity index is 360. The molecule has 0 aliphatic heterocycles. The van der Waals surface area contributed by atoms with E-state index in [1.807, 2.05) is 18.4 Å². The fourth-order valence-electron chi connectivity index (χ4n) is 1.79. The summed E-state index contributed by atoms with van der Waals surface area (Å²) in [6.07, 6.45) is 4.39. The van der Waals surface area contributed by atoms with Gasteiger partial charge in [0.25, 0.3) is 0 Å². The van der Waals surface area contributed by atoms with E-state index in [9.17, 15) is 4.79 Å². The molecule has 1 amide bonds. The van der Waals surface area contributed by atoms with Crippen LogP contribution < -0.4 is 0 Å². The summed E-state index contributed by atoms with van der Waals surface area (Å²) < 4.78 is 1.94. The van der Waals surface area contributed by atoms with Crippen molar-refractivity contribution in [1.29, 1.82) is 0 Å². The lowest BCUT2D eigenvalue weighted by Gasteiger charge is -2.22. The average molecular weight is 258 g/mol. The van der Waals surface area contributed by atoms with Crippen molar-refractivity contribution in [2.75, 3.05) is 13.1 Å². The SMILES string of the molecule is CCCn1cncc1C(Cl)C(=O)N(CC)CC. The quantitative estimate of drug-likeness (QED) is 0.734. The number of nitrogens with zero attached hydrogens (tertiary/aromatic N) is 3. The van der Waals surface area contributed by atoms with Crippen molar-refractivity contribution in [1.82, 2.24) is 14.5 Å². The standard InChI is InChI=1S/C12H20ClN3O/c1-4-7-16-9-14-8-10(16)11(13)12(17)15(5-2)6-3/h8-9,11H,4-7H2,1-3H3. The van der Waals surface area contributed by atoms with Gasteiger partial charge in [-0.15, -0.1) is 11.6 Å². The molecule has 0 saturated carbocycles. The molecule has 1 rings (SSSR count). The van der Waals surface area contributed by atoms with E-state index in [1.165, 1.54) is 0 Å². The molecule has 1 aromatic rings. The molecule has 0 saturated heterocycles. The Hall–Kier alpha value is -1.03. The lowest BCUT2D eigenvalue weighted by atomic mass is 10.2. The van der Waals surface area contributed by atoms with Crippen LogP contribution in [0.15, 0.2) is 12.5 Å². The van der Waals surface area contributed by atoms with Crippen LogP contribution in [0.25, 0.3) is 0 Å². The molecular formula is C12H20ClN3O. The van der Waals surface area contributed by atoms with Crippen molar-refractivity contribution in [3.63, 3.8) is 0 Å². The predicted octanol–water partition coefficient (Wildman–Crippen LogP) is 2.44. The van der Waals surface area contributed by atoms with Crippen LogP contribution in [0.3, 0.4) is 0 Å². The Morgan fingerprint density at radius 2 is 2.12 bits per heavy atom. The number of halogens is 1. The van der Waals surface area contributed by atoms with Crippen molar-refractivity contribution < 1.29 is 4.79 Å². The van der Waals surface area contributed by atoms with Gasteiger partial charge < -0.3 is 9.47 Å². The van der Waals surface area contributed by atoms with Crippen LogP contribution in [0.1, 0.15) is 38.3 Å². The van der Waals surface area contributed by atoms with E-state index in [0.29, 0.717) is 13.1 Å². The molecule has 0 fully saturated rings. The summed E-state index contributed by atoms with van der Waals surface area (Å²) in [5.41, 5.74) is 0.783. The number of carbonyl (C=O) groups is 1. The highest BCUT2D eigenvalue weighted by atomic mass is 35.5. The third-order valence-electron chi connectivity index (χ3n) is 2.76. The maximum Gasteiger partial charge on any atom is 0.246 e. The third-order valence-corrected chi connectivity index (χ3v) is 3.17. The number of hydrogen-bond donors (Lipinski definition) is 0. The maximum atomic E-state index is 12.1. The van der Waals surface area contributed by atoms with Gasteiger partial charge >= 0.3 is 0 Å². The zero-order valence-electron chi connectivity index (χ0n) is 10.7. The molecular weight excluding hydrogens is 238 g/mol. The fourth-order valence-corrected chi connectivity index (χ4v) is 2.11. The van der Waals surface area contributed by atoms with Gasteiger partial charge in [0.1, 0.15) is 0 Å². The number of imidazole rings is 1. The van der Waals surface area contributed by atoms with Crippen molar-refractivity contribution in [2.24, 2.45) is 0 Å². The van der Waals surface area contributed by atoms with Gasteiger partial charge in [-0.3, -0.25) is 4.79 Å². The van der Waals surface area contributed by atoms with Gasteiger partial charge in [0.15, 0.2) is 5.38 Å². The Morgan fingerprint density at radius 1 is 1.47 bits per heavy atom. The Kier molecular flexibility index (Phi) is 5.48. The Balaban J connectivity index is 2.84. The minimum absolute atomic E-state index is 0.0467. The van der Waals surface area contributed by atoms with Crippen LogP contribution in [0.4, 0.5) is 0 Å². The van der Waals surface area contributed by atoms with Gasteiger partial charge in [0, 0.05) is 19.6 Å². The summed E-state index contributed by atoms with van der Waals surface area (Å²) in [6.45, 7) is 8.19. The normalized spacial score (nSPS) is 12.5. The number of carbonyl (C=O) groups excluding carboxylic acids is 1. The Morgan fingerprint density at radius 3 is 2.65 bits per heavy atom. The molecule has 0 aliphatic rings. The van der Waals surface area contributed by atoms with E-state index >= 15 is 0 Å². The minimum Gasteiger partial charge on any atom is -0.342 e. The molecule has 1 atom stereocenters. The summed E-state index contributed by atoms with van der Waals surface area (Å²) in [5.74, 6) is -0.0467. The minimum atomic E-state index is -0.635. The largest absolute Gasteiger partial charge is 0.342 e. The second-order valence-electron chi connectivity index (χ2n) is 3.88. The molecule has 0 aliphatic carbocycles. The lowest BCUT2D eigenvalue weighted by Crippen LogP contribution is -2.33. The van der Waals surface area contributed by atoms with Crippen molar-refractivity contribution in [3.05, 3.63) is 18.2 Å². The predicted molar refractivity (Wildman–Crippen MR) is 69.0 cm³/mol. The highest BCUT2D eigenvalue weighted by Gasteiger charge is 2.24. The van der Waals surface area contributed by atoms with Crippen molar-refractivity contribution >= 4 is 17.5 Å². The first-order valence-electron chi connectivity index (χ1n) is 6.08. The Labute approximate surface area is 108 Å². The average Bonchev–Trinajstić information content (AvgIpc) is 2.78. The second kappa shape index (κ2) is 6.64.